The first-order valence-corrected chi connectivity index (χ1v) is 3.61. The SMILES string of the molecule is C=CC(N)c1cc(N)ccc1O. The number of rotatable bonds is 2. The molecule has 0 bridgehead atoms. The van der Waals surface area contributed by atoms with E-state index in [9.17, 15) is 5.11 Å². The molecule has 0 spiro atoms. The number of anilines is 1. The first kappa shape index (κ1) is 8.62. The smallest absolute Gasteiger partial charge is 0.120 e. The molecule has 0 radical (unpaired) electrons. The third-order valence-electron chi connectivity index (χ3n) is 1.66. The van der Waals surface area contributed by atoms with Gasteiger partial charge in [0.05, 0.1) is 6.04 Å². The molecule has 12 heavy (non-hydrogen) atoms. The molecule has 0 aliphatic rings. The summed E-state index contributed by atoms with van der Waals surface area (Å²) in [4.78, 5) is 0. The summed E-state index contributed by atoms with van der Waals surface area (Å²) in [5, 5.41) is 9.35. The van der Waals surface area contributed by atoms with Gasteiger partial charge < -0.3 is 16.6 Å². The Labute approximate surface area is 71.3 Å². The lowest BCUT2D eigenvalue weighted by Crippen LogP contribution is -2.07. The highest BCUT2D eigenvalue weighted by Gasteiger charge is 2.06. The maximum atomic E-state index is 9.35. The van der Waals surface area contributed by atoms with Crippen LogP contribution in [0.15, 0.2) is 30.9 Å². The lowest BCUT2D eigenvalue weighted by atomic mass is 10.1. The molecule has 0 saturated heterocycles. The van der Waals surface area contributed by atoms with Crippen molar-refractivity contribution in [2.75, 3.05) is 5.73 Å². The Morgan fingerprint density at radius 1 is 1.50 bits per heavy atom. The van der Waals surface area contributed by atoms with E-state index >= 15 is 0 Å². The van der Waals surface area contributed by atoms with E-state index in [1.165, 1.54) is 6.07 Å². The maximum absolute atomic E-state index is 9.35. The fraction of sp³-hybridized carbons (Fsp3) is 0.111. The van der Waals surface area contributed by atoms with E-state index in [1.54, 1.807) is 18.2 Å². The van der Waals surface area contributed by atoms with Crippen molar-refractivity contribution >= 4 is 5.69 Å². The van der Waals surface area contributed by atoms with Crippen LogP contribution >= 0.6 is 0 Å². The zero-order valence-corrected chi connectivity index (χ0v) is 6.70. The number of phenolic OH excluding ortho intramolecular Hbond substituents is 1. The van der Waals surface area contributed by atoms with E-state index < -0.39 is 0 Å². The van der Waals surface area contributed by atoms with Crippen molar-refractivity contribution in [1.29, 1.82) is 0 Å². The normalized spacial score (nSPS) is 12.4. The summed E-state index contributed by atoms with van der Waals surface area (Å²) in [5.74, 6) is 0.150. The van der Waals surface area contributed by atoms with E-state index in [-0.39, 0.29) is 11.8 Å². The summed E-state index contributed by atoms with van der Waals surface area (Å²) < 4.78 is 0. The fourth-order valence-corrected chi connectivity index (χ4v) is 0.967. The summed E-state index contributed by atoms with van der Waals surface area (Å²) in [6, 6.07) is 4.41. The molecule has 3 heteroatoms. The summed E-state index contributed by atoms with van der Waals surface area (Å²) in [6.07, 6.45) is 1.55. The lowest BCUT2D eigenvalue weighted by molar-refractivity contribution is 0.466. The van der Waals surface area contributed by atoms with Gasteiger partial charge in [-0.05, 0) is 18.2 Å². The standard InChI is InChI=1S/C9H12N2O/c1-2-8(11)7-5-6(10)3-4-9(7)12/h2-5,8,12H,1,10-11H2. The topological polar surface area (TPSA) is 72.3 Å². The minimum atomic E-state index is -0.367. The summed E-state index contributed by atoms with van der Waals surface area (Å²) >= 11 is 0. The summed E-state index contributed by atoms with van der Waals surface area (Å²) in [6.45, 7) is 3.53. The zero-order valence-electron chi connectivity index (χ0n) is 6.70. The Morgan fingerprint density at radius 2 is 2.17 bits per heavy atom. The van der Waals surface area contributed by atoms with Gasteiger partial charge in [-0.1, -0.05) is 6.08 Å². The van der Waals surface area contributed by atoms with Crippen LogP contribution in [0.1, 0.15) is 11.6 Å². The minimum Gasteiger partial charge on any atom is -0.508 e. The van der Waals surface area contributed by atoms with Gasteiger partial charge in [0.15, 0.2) is 0 Å². The van der Waals surface area contributed by atoms with Crippen LogP contribution in [0.4, 0.5) is 5.69 Å². The summed E-state index contributed by atoms with van der Waals surface area (Å²) in [5.41, 5.74) is 12.3. The third kappa shape index (κ3) is 1.57. The summed E-state index contributed by atoms with van der Waals surface area (Å²) in [7, 11) is 0. The molecule has 0 heterocycles. The number of hydrogen-bond acceptors (Lipinski definition) is 3. The number of benzene rings is 1. The molecule has 0 saturated carbocycles. The molecule has 0 aromatic heterocycles. The van der Waals surface area contributed by atoms with Crippen molar-refractivity contribution in [1.82, 2.24) is 0 Å². The van der Waals surface area contributed by atoms with Crippen LogP contribution in [0.2, 0.25) is 0 Å². The predicted molar refractivity (Wildman–Crippen MR) is 49.6 cm³/mol. The molecule has 1 unspecified atom stereocenters. The molecule has 0 aliphatic carbocycles. The van der Waals surface area contributed by atoms with Gasteiger partial charge in [-0.15, -0.1) is 6.58 Å². The van der Waals surface area contributed by atoms with Crippen molar-refractivity contribution in [3.8, 4) is 5.75 Å². The van der Waals surface area contributed by atoms with Crippen molar-refractivity contribution < 1.29 is 5.11 Å². The third-order valence-corrected chi connectivity index (χ3v) is 1.66. The molecule has 0 aliphatic heterocycles. The average Bonchev–Trinajstić information content (AvgIpc) is 2.08. The number of aromatic hydroxyl groups is 1. The van der Waals surface area contributed by atoms with Gasteiger partial charge in [0.1, 0.15) is 5.75 Å². The van der Waals surface area contributed by atoms with Crippen molar-refractivity contribution in [3.05, 3.63) is 36.4 Å². The predicted octanol–water partition coefficient (Wildman–Crippen LogP) is 1.16. The van der Waals surface area contributed by atoms with E-state index in [2.05, 4.69) is 6.58 Å². The first-order valence-electron chi connectivity index (χ1n) is 3.61. The van der Waals surface area contributed by atoms with Gasteiger partial charge in [-0.25, -0.2) is 0 Å². The Bertz CT molecular complexity index is 297. The van der Waals surface area contributed by atoms with Crippen LogP contribution in [-0.2, 0) is 0 Å². The largest absolute Gasteiger partial charge is 0.508 e. The van der Waals surface area contributed by atoms with E-state index in [0.29, 0.717) is 11.3 Å². The van der Waals surface area contributed by atoms with Gasteiger partial charge in [0.25, 0.3) is 0 Å². The number of phenols is 1. The Balaban J connectivity index is 3.12. The second-order valence-electron chi connectivity index (χ2n) is 2.58. The molecule has 3 nitrogen and oxygen atoms in total. The lowest BCUT2D eigenvalue weighted by Gasteiger charge is -2.09. The minimum absolute atomic E-state index is 0.150. The molecule has 0 amide bonds. The van der Waals surface area contributed by atoms with E-state index in [0.717, 1.165) is 0 Å². The molecule has 64 valence electrons. The highest BCUT2D eigenvalue weighted by atomic mass is 16.3. The number of nitrogens with two attached hydrogens (primary N) is 2. The van der Waals surface area contributed by atoms with Crippen molar-refractivity contribution in [2.24, 2.45) is 5.73 Å². The second kappa shape index (κ2) is 3.28. The molecule has 1 rings (SSSR count). The maximum Gasteiger partial charge on any atom is 0.120 e. The van der Waals surface area contributed by atoms with Crippen LogP contribution in [-0.4, -0.2) is 5.11 Å². The van der Waals surface area contributed by atoms with Crippen LogP contribution in [0, 0.1) is 0 Å². The number of hydrogen-bond donors (Lipinski definition) is 3. The Hall–Kier alpha value is -1.48. The highest BCUT2D eigenvalue weighted by molar-refractivity contribution is 5.49. The zero-order chi connectivity index (χ0) is 9.14. The van der Waals surface area contributed by atoms with Gasteiger partial charge in [0, 0.05) is 11.3 Å². The first-order chi connectivity index (χ1) is 5.65. The molecular formula is C9H12N2O. The molecule has 5 N–H and O–H groups in total. The van der Waals surface area contributed by atoms with E-state index in [4.69, 9.17) is 11.5 Å². The van der Waals surface area contributed by atoms with Gasteiger partial charge in [-0.2, -0.15) is 0 Å². The van der Waals surface area contributed by atoms with Crippen LogP contribution in [0.3, 0.4) is 0 Å². The average molecular weight is 164 g/mol. The molecule has 0 fully saturated rings. The fourth-order valence-electron chi connectivity index (χ4n) is 0.967. The van der Waals surface area contributed by atoms with Crippen molar-refractivity contribution in [2.45, 2.75) is 6.04 Å². The Kier molecular flexibility index (Phi) is 2.35. The van der Waals surface area contributed by atoms with Gasteiger partial charge in [0.2, 0.25) is 0 Å². The van der Waals surface area contributed by atoms with Gasteiger partial charge >= 0.3 is 0 Å². The van der Waals surface area contributed by atoms with Crippen LogP contribution in [0.5, 0.6) is 5.75 Å². The quantitative estimate of drug-likeness (QED) is 0.349. The van der Waals surface area contributed by atoms with Gasteiger partial charge in [-0.3, -0.25) is 0 Å². The molecule has 1 atom stereocenters. The monoisotopic (exact) mass is 164 g/mol. The van der Waals surface area contributed by atoms with Crippen molar-refractivity contribution in [3.63, 3.8) is 0 Å². The van der Waals surface area contributed by atoms with E-state index in [1.807, 2.05) is 0 Å². The number of nitrogen functional groups attached to an aromatic ring is 1. The molecular weight excluding hydrogens is 152 g/mol. The molecule has 1 aromatic carbocycles. The highest BCUT2D eigenvalue weighted by Crippen LogP contribution is 2.25. The second-order valence-corrected chi connectivity index (χ2v) is 2.58. The Morgan fingerprint density at radius 3 is 2.75 bits per heavy atom. The van der Waals surface area contributed by atoms with Crippen LogP contribution in [0.25, 0.3) is 0 Å². The molecule has 1 aromatic rings. The van der Waals surface area contributed by atoms with Crippen LogP contribution < -0.4 is 11.5 Å².